The van der Waals surface area contributed by atoms with Crippen molar-refractivity contribution in [3.05, 3.63) is 58.3 Å². The first-order valence-electron chi connectivity index (χ1n) is 8.28. The lowest BCUT2D eigenvalue weighted by molar-refractivity contribution is -0.130. The number of halogens is 2. The van der Waals surface area contributed by atoms with Crippen LogP contribution in [0.4, 0.5) is 4.39 Å². The summed E-state index contributed by atoms with van der Waals surface area (Å²) in [6, 6.07) is 9.90. The lowest BCUT2D eigenvalue weighted by Crippen LogP contribution is -2.48. The SMILES string of the molecule is Cc1ccc(S(=O)(=O)N(C)CC(=O)NNC(=O)COc2ccc(F)cc2Br)cc1. The van der Waals surface area contributed by atoms with Crippen LogP contribution in [0.2, 0.25) is 0 Å². The maximum absolute atomic E-state index is 13.0. The maximum atomic E-state index is 13.0. The molecule has 2 amide bonds. The fourth-order valence-electron chi connectivity index (χ4n) is 2.13. The highest BCUT2D eigenvalue weighted by Crippen LogP contribution is 2.25. The number of carbonyl (C=O) groups is 2. The third-order valence-electron chi connectivity index (χ3n) is 3.69. The number of hydrazine groups is 1. The van der Waals surface area contributed by atoms with Crippen LogP contribution in [0, 0.1) is 12.7 Å². The zero-order chi connectivity index (χ0) is 21.6. The number of likely N-dealkylation sites (N-methyl/N-ethyl adjacent to an activating group) is 1. The number of hydrogen-bond acceptors (Lipinski definition) is 5. The Morgan fingerprint density at radius 3 is 2.34 bits per heavy atom. The molecule has 0 aliphatic rings. The van der Waals surface area contributed by atoms with Crippen molar-refractivity contribution in [3.8, 4) is 5.75 Å². The van der Waals surface area contributed by atoms with Gasteiger partial charge in [0, 0.05) is 7.05 Å². The molecule has 0 fully saturated rings. The van der Waals surface area contributed by atoms with E-state index in [0.717, 1.165) is 9.87 Å². The summed E-state index contributed by atoms with van der Waals surface area (Å²) >= 11 is 3.10. The molecule has 2 aromatic rings. The first kappa shape index (κ1) is 22.8. The molecule has 0 atom stereocenters. The monoisotopic (exact) mass is 487 g/mol. The van der Waals surface area contributed by atoms with Crippen molar-refractivity contribution in [2.24, 2.45) is 0 Å². The van der Waals surface area contributed by atoms with Gasteiger partial charge in [0.25, 0.3) is 11.8 Å². The first-order chi connectivity index (χ1) is 13.6. The van der Waals surface area contributed by atoms with E-state index in [0.29, 0.717) is 4.47 Å². The standard InChI is InChI=1S/C18H19BrFN3O5S/c1-12-3-6-14(7-4-12)29(26,27)23(2)10-17(24)21-22-18(25)11-28-16-8-5-13(20)9-15(16)19/h3-9H,10-11H2,1-2H3,(H,21,24)(H,22,25). The molecule has 2 aromatic carbocycles. The molecule has 29 heavy (non-hydrogen) atoms. The van der Waals surface area contributed by atoms with E-state index in [2.05, 4.69) is 26.8 Å². The molecule has 0 saturated carbocycles. The van der Waals surface area contributed by atoms with E-state index in [4.69, 9.17) is 4.74 Å². The van der Waals surface area contributed by atoms with Gasteiger partial charge in [-0.3, -0.25) is 20.4 Å². The van der Waals surface area contributed by atoms with E-state index in [-0.39, 0.29) is 10.6 Å². The second-order valence-corrected chi connectivity index (χ2v) is 8.93. The van der Waals surface area contributed by atoms with Gasteiger partial charge in [0.1, 0.15) is 11.6 Å². The number of amides is 2. The van der Waals surface area contributed by atoms with Crippen molar-refractivity contribution in [1.82, 2.24) is 15.2 Å². The maximum Gasteiger partial charge on any atom is 0.276 e. The molecular formula is C18H19BrFN3O5S. The third kappa shape index (κ3) is 6.51. The zero-order valence-corrected chi connectivity index (χ0v) is 18.0. The summed E-state index contributed by atoms with van der Waals surface area (Å²) < 4.78 is 44.3. The summed E-state index contributed by atoms with van der Waals surface area (Å²) in [5, 5.41) is 0. The molecule has 11 heteroatoms. The topological polar surface area (TPSA) is 105 Å². The van der Waals surface area contributed by atoms with Crippen molar-refractivity contribution >= 4 is 37.8 Å². The highest BCUT2D eigenvalue weighted by atomic mass is 79.9. The number of rotatable bonds is 7. The number of hydrogen-bond donors (Lipinski definition) is 2. The van der Waals surface area contributed by atoms with Crippen LogP contribution in [0.15, 0.2) is 51.8 Å². The zero-order valence-electron chi connectivity index (χ0n) is 15.6. The predicted molar refractivity (Wildman–Crippen MR) is 107 cm³/mol. The van der Waals surface area contributed by atoms with Gasteiger partial charge in [0.15, 0.2) is 6.61 Å². The minimum atomic E-state index is -3.84. The molecule has 0 radical (unpaired) electrons. The van der Waals surface area contributed by atoms with Crippen molar-refractivity contribution in [2.75, 3.05) is 20.2 Å². The Balaban J connectivity index is 1.82. The lowest BCUT2D eigenvalue weighted by atomic mass is 10.2. The quantitative estimate of drug-likeness (QED) is 0.578. The Hall–Kier alpha value is -2.50. The fourth-order valence-corrected chi connectivity index (χ4v) is 3.72. The van der Waals surface area contributed by atoms with Gasteiger partial charge in [-0.15, -0.1) is 0 Å². The van der Waals surface area contributed by atoms with Crippen LogP contribution in [-0.2, 0) is 19.6 Å². The molecule has 0 heterocycles. The third-order valence-corrected chi connectivity index (χ3v) is 6.13. The van der Waals surface area contributed by atoms with Crippen LogP contribution in [-0.4, -0.2) is 44.7 Å². The van der Waals surface area contributed by atoms with Gasteiger partial charge >= 0.3 is 0 Å². The Kier molecular flexibility index (Phi) is 7.71. The molecule has 8 nitrogen and oxygen atoms in total. The number of sulfonamides is 1. The van der Waals surface area contributed by atoms with Crippen LogP contribution < -0.4 is 15.6 Å². The normalized spacial score (nSPS) is 11.2. The highest BCUT2D eigenvalue weighted by Gasteiger charge is 2.23. The Morgan fingerprint density at radius 1 is 1.10 bits per heavy atom. The smallest absolute Gasteiger partial charge is 0.276 e. The van der Waals surface area contributed by atoms with Gasteiger partial charge in [-0.05, 0) is 53.2 Å². The molecule has 0 aliphatic heterocycles. The van der Waals surface area contributed by atoms with E-state index < -0.39 is 40.8 Å². The van der Waals surface area contributed by atoms with Crippen LogP contribution in [0.25, 0.3) is 0 Å². The molecule has 0 aliphatic carbocycles. The molecule has 2 rings (SSSR count). The number of nitrogens with one attached hydrogen (secondary N) is 2. The average Bonchev–Trinajstić information content (AvgIpc) is 2.66. The molecule has 0 saturated heterocycles. The Bertz CT molecular complexity index is 999. The summed E-state index contributed by atoms with van der Waals surface area (Å²) in [6.07, 6.45) is 0. The van der Waals surface area contributed by atoms with Crippen molar-refractivity contribution < 1.29 is 27.1 Å². The van der Waals surface area contributed by atoms with Crippen molar-refractivity contribution in [2.45, 2.75) is 11.8 Å². The van der Waals surface area contributed by atoms with E-state index in [9.17, 15) is 22.4 Å². The molecule has 0 unspecified atom stereocenters. The number of carbonyl (C=O) groups excluding carboxylic acids is 2. The van der Waals surface area contributed by atoms with Crippen LogP contribution in [0.5, 0.6) is 5.75 Å². The van der Waals surface area contributed by atoms with Gasteiger partial charge < -0.3 is 4.74 Å². The Morgan fingerprint density at radius 2 is 1.72 bits per heavy atom. The molecule has 2 N–H and O–H groups in total. The van der Waals surface area contributed by atoms with Crippen LogP contribution in [0.3, 0.4) is 0 Å². The van der Waals surface area contributed by atoms with Crippen molar-refractivity contribution in [1.29, 1.82) is 0 Å². The van der Waals surface area contributed by atoms with Gasteiger partial charge in [0.05, 0.1) is 15.9 Å². The predicted octanol–water partition coefficient (Wildman–Crippen LogP) is 1.74. The summed E-state index contributed by atoms with van der Waals surface area (Å²) in [6.45, 7) is 0.887. The summed E-state index contributed by atoms with van der Waals surface area (Å²) in [7, 11) is -2.59. The van der Waals surface area contributed by atoms with E-state index >= 15 is 0 Å². The van der Waals surface area contributed by atoms with Crippen LogP contribution in [0.1, 0.15) is 5.56 Å². The number of benzene rings is 2. The van der Waals surface area contributed by atoms with Crippen molar-refractivity contribution in [3.63, 3.8) is 0 Å². The summed E-state index contributed by atoms with van der Waals surface area (Å²) in [5.41, 5.74) is 5.13. The number of aryl methyl sites for hydroxylation is 1. The van der Waals surface area contributed by atoms with Crippen LogP contribution >= 0.6 is 15.9 Å². The summed E-state index contributed by atoms with van der Waals surface area (Å²) in [5.74, 6) is -1.64. The first-order valence-corrected chi connectivity index (χ1v) is 10.5. The van der Waals surface area contributed by atoms with Gasteiger partial charge in [-0.25, -0.2) is 12.8 Å². The fraction of sp³-hybridized carbons (Fsp3) is 0.222. The van der Waals surface area contributed by atoms with E-state index in [1.807, 2.05) is 6.92 Å². The van der Waals surface area contributed by atoms with E-state index in [1.54, 1.807) is 12.1 Å². The lowest BCUT2D eigenvalue weighted by Gasteiger charge is -2.17. The van der Waals surface area contributed by atoms with E-state index in [1.165, 1.54) is 37.4 Å². The molecule has 0 bridgehead atoms. The largest absolute Gasteiger partial charge is 0.483 e. The minimum Gasteiger partial charge on any atom is -0.483 e. The van der Waals surface area contributed by atoms with Gasteiger partial charge in [0.2, 0.25) is 10.0 Å². The van der Waals surface area contributed by atoms with Gasteiger partial charge in [-0.2, -0.15) is 4.31 Å². The number of ether oxygens (including phenoxy) is 1. The summed E-state index contributed by atoms with van der Waals surface area (Å²) in [4.78, 5) is 23.8. The second kappa shape index (κ2) is 9.81. The van der Waals surface area contributed by atoms with Gasteiger partial charge in [-0.1, -0.05) is 17.7 Å². The Labute approximate surface area is 176 Å². The second-order valence-electron chi connectivity index (χ2n) is 6.03. The molecule has 0 aromatic heterocycles. The molecular weight excluding hydrogens is 469 g/mol. The minimum absolute atomic E-state index is 0.0562. The number of nitrogens with zero attached hydrogens (tertiary/aromatic N) is 1. The molecule has 0 spiro atoms. The highest BCUT2D eigenvalue weighted by molar-refractivity contribution is 9.10. The average molecular weight is 488 g/mol. The molecule has 156 valence electrons.